The molecule has 4 bridgehead atoms. The molecule has 4 aliphatic rings. The average molecular weight is 403 g/mol. The van der Waals surface area contributed by atoms with Gasteiger partial charge in [0.2, 0.25) is 0 Å². The minimum atomic E-state index is -4.43. The van der Waals surface area contributed by atoms with E-state index in [4.69, 9.17) is 0 Å². The lowest BCUT2D eigenvalue weighted by atomic mass is 10.5. The van der Waals surface area contributed by atoms with Gasteiger partial charge in [0.15, 0.2) is 0 Å². The molecule has 0 unspecified atom stereocenters. The van der Waals surface area contributed by atoms with E-state index in [-0.39, 0.29) is 5.48 Å². The molecule has 0 atom stereocenters. The molecule has 4 rings (SSSR count). The lowest BCUT2D eigenvalue weighted by molar-refractivity contribution is 0.0909. The maximum Gasteiger partial charge on any atom is 0.501 e. The van der Waals surface area contributed by atoms with E-state index in [1.165, 1.54) is 19.6 Å². The molecule has 16 heteroatoms. The molecular formula is C6H17NO11P4. The molecule has 0 aromatic heterocycles. The fourth-order valence-corrected chi connectivity index (χ4v) is 12.1. The number of hydrogen-bond donors (Lipinski definition) is 0. The quantitative estimate of drug-likeness (QED) is 0.637. The van der Waals surface area contributed by atoms with Crippen molar-refractivity contribution < 1.29 is 49.6 Å². The number of phosphoric acid groups is 4. The van der Waals surface area contributed by atoms with E-state index in [9.17, 15) is 18.3 Å². The Labute approximate surface area is 127 Å². The zero-order chi connectivity index (χ0) is 15.9. The van der Waals surface area contributed by atoms with Crippen molar-refractivity contribution in [3.05, 3.63) is 0 Å². The van der Waals surface area contributed by atoms with Gasteiger partial charge in [-0.2, -0.15) is 25.9 Å². The molecule has 0 spiro atoms. The fourth-order valence-electron chi connectivity index (χ4n) is 1.58. The third-order valence-corrected chi connectivity index (χ3v) is 12.1. The lowest BCUT2D eigenvalue weighted by Crippen LogP contribution is -2.21. The summed E-state index contributed by atoms with van der Waals surface area (Å²) >= 11 is 0. The Kier molecular flexibility index (Phi) is 6.42. The van der Waals surface area contributed by atoms with Gasteiger partial charge >= 0.3 is 31.3 Å². The van der Waals surface area contributed by atoms with Gasteiger partial charge < -0.3 is 10.4 Å². The molecular weight excluding hydrogens is 386 g/mol. The van der Waals surface area contributed by atoms with E-state index in [1.54, 1.807) is 0 Å². The van der Waals surface area contributed by atoms with Crippen molar-refractivity contribution in [1.82, 2.24) is 4.90 Å². The second-order valence-electron chi connectivity index (χ2n) is 3.90. The van der Waals surface area contributed by atoms with Gasteiger partial charge in [-0.05, 0) is 19.6 Å². The normalized spacial score (nSPS) is 45.1. The first-order chi connectivity index (χ1) is 9.59. The summed E-state index contributed by atoms with van der Waals surface area (Å²) in [7, 11) is -17.7. The van der Waals surface area contributed by atoms with Gasteiger partial charge in [-0.15, -0.1) is 0 Å². The van der Waals surface area contributed by atoms with Crippen LogP contribution in [0.1, 0.15) is 20.8 Å². The maximum atomic E-state index is 11.3. The molecule has 12 nitrogen and oxygen atoms in total. The predicted molar refractivity (Wildman–Crippen MR) is 74.0 cm³/mol. The van der Waals surface area contributed by atoms with E-state index < -0.39 is 31.3 Å². The first-order valence-electron chi connectivity index (χ1n) is 5.99. The first kappa shape index (κ1) is 20.6. The minimum Gasteiger partial charge on any atom is -0.412 e. The van der Waals surface area contributed by atoms with Crippen molar-refractivity contribution in [1.29, 1.82) is 0 Å². The number of nitrogens with zero attached hydrogens (tertiary/aromatic N) is 1. The highest BCUT2D eigenvalue weighted by atomic mass is 31.4. The molecule has 2 N–H and O–H groups in total. The Balaban J connectivity index is 0.000000264. The smallest absolute Gasteiger partial charge is 0.412 e. The summed E-state index contributed by atoms with van der Waals surface area (Å²) in [5.41, 5.74) is 0. The Morgan fingerprint density at radius 2 is 0.773 bits per heavy atom. The van der Waals surface area contributed by atoms with Crippen molar-refractivity contribution in [2.75, 3.05) is 19.6 Å². The van der Waals surface area contributed by atoms with Gasteiger partial charge in [0.25, 0.3) is 0 Å². The molecule has 4 aliphatic heterocycles. The average Bonchev–Trinajstić information content (AvgIpc) is 2.23. The van der Waals surface area contributed by atoms with Crippen LogP contribution in [0, 0.1) is 0 Å². The van der Waals surface area contributed by atoms with Crippen LogP contribution in [0.4, 0.5) is 0 Å². The van der Waals surface area contributed by atoms with Crippen LogP contribution in [-0.2, 0) is 44.1 Å². The molecule has 0 aromatic carbocycles. The molecule has 0 radical (unpaired) electrons. The predicted octanol–water partition coefficient (Wildman–Crippen LogP) is 3.08. The molecule has 4 saturated heterocycles. The van der Waals surface area contributed by atoms with Crippen LogP contribution in [0.3, 0.4) is 0 Å². The largest absolute Gasteiger partial charge is 0.501 e. The molecule has 0 aliphatic carbocycles. The Bertz CT molecular complexity index is 443. The summed E-state index contributed by atoms with van der Waals surface area (Å²) in [6, 6.07) is 0. The SMILES string of the molecule is CCN(CC)CC.O.O=P12OP3(=O)OP(=O)(O1)OP(=O)(O2)O3. The van der Waals surface area contributed by atoms with Gasteiger partial charge in [0, 0.05) is 0 Å². The summed E-state index contributed by atoms with van der Waals surface area (Å²) in [5, 5.41) is 0. The monoisotopic (exact) mass is 403 g/mol. The molecule has 0 aromatic rings. The Hall–Kier alpha value is 0.600. The van der Waals surface area contributed by atoms with E-state index >= 15 is 0 Å². The summed E-state index contributed by atoms with van der Waals surface area (Å²) in [5.74, 6) is 0. The van der Waals surface area contributed by atoms with Gasteiger partial charge in [-0.1, -0.05) is 20.8 Å². The van der Waals surface area contributed by atoms with Crippen molar-refractivity contribution >= 4 is 31.3 Å². The van der Waals surface area contributed by atoms with E-state index in [2.05, 4.69) is 51.5 Å². The van der Waals surface area contributed by atoms with Gasteiger partial charge in [-0.25, -0.2) is 18.3 Å². The van der Waals surface area contributed by atoms with Gasteiger partial charge in [-0.3, -0.25) is 0 Å². The van der Waals surface area contributed by atoms with Crippen LogP contribution in [-0.4, -0.2) is 30.0 Å². The van der Waals surface area contributed by atoms with Gasteiger partial charge in [0.05, 0.1) is 0 Å². The highest BCUT2D eigenvalue weighted by Crippen LogP contribution is 2.99. The first-order valence-corrected chi connectivity index (χ1v) is 11.8. The summed E-state index contributed by atoms with van der Waals surface area (Å²) in [6.07, 6.45) is 0. The van der Waals surface area contributed by atoms with E-state index in [0.717, 1.165) is 0 Å². The molecule has 22 heavy (non-hydrogen) atoms. The zero-order valence-electron chi connectivity index (χ0n) is 11.9. The fraction of sp³-hybridized carbons (Fsp3) is 1.00. The second-order valence-corrected chi connectivity index (χ2v) is 11.4. The molecule has 4 heterocycles. The van der Waals surface area contributed by atoms with Crippen LogP contribution < -0.4 is 0 Å². The third kappa shape index (κ3) is 4.36. The van der Waals surface area contributed by atoms with Crippen LogP contribution in [0.15, 0.2) is 0 Å². The Morgan fingerprint density at radius 3 is 0.864 bits per heavy atom. The van der Waals surface area contributed by atoms with Crippen molar-refractivity contribution in [3.63, 3.8) is 0 Å². The molecule has 0 amide bonds. The topological polar surface area (TPSA) is 158 Å². The minimum absolute atomic E-state index is 0. The lowest BCUT2D eigenvalue weighted by Gasteiger charge is -2.41. The van der Waals surface area contributed by atoms with Gasteiger partial charge in [0.1, 0.15) is 0 Å². The van der Waals surface area contributed by atoms with Crippen molar-refractivity contribution in [2.45, 2.75) is 20.8 Å². The molecule has 4 fully saturated rings. The summed E-state index contributed by atoms with van der Waals surface area (Å²) < 4.78 is 69.9. The van der Waals surface area contributed by atoms with Crippen LogP contribution in [0.25, 0.3) is 0 Å². The third-order valence-electron chi connectivity index (χ3n) is 2.54. The van der Waals surface area contributed by atoms with Crippen LogP contribution >= 0.6 is 31.3 Å². The van der Waals surface area contributed by atoms with Crippen LogP contribution in [0.2, 0.25) is 0 Å². The molecule has 0 saturated carbocycles. The van der Waals surface area contributed by atoms with E-state index in [0.29, 0.717) is 0 Å². The summed E-state index contributed by atoms with van der Waals surface area (Å²) in [6.45, 7) is 10.1. The van der Waals surface area contributed by atoms with Crippen LogP contribution in [0.5, 0.6) is 0 Å². The second kappa shape index (κ2) is 6.84. The Morgan fingerprint density at radius 1 is 0.591 bits per heavy atom. The zero-order valence-corrected chi connectivity index (χ0v) is 15.5. The molecule has 132 valence electrons. The maximum absolute atomic E-state index is 11.3. The highest BCUT2D eigenvalue weighted by molar-refractivity contribution is 7.88. The standard InChI is InChI=1S/C6H15N.O10P4.H2O/c1-4-7(5-2)6-3;1-11-5-12(2)8-13(3,6-11)10-14(4,7-11)9-12;/h4-6H2,1-3H3;;1H2. The van der Waals surface area contributed by atoms with E-state index in [1.807, 2.05) is 0 Å². The summed E-state index contributed by atoms with van der Waals surface area (Å²) in [4.78, 5) is 2.38. The number of rotatable bonds is 3. The highest BCUT2D eigenvalue weighted by Gasteiger charge is 2.74. The van der Waals surface area contributed by atoms with Crippen molar-refractivity contribution in [3.8, 4) is 0 Å². The number of hydrogen-bond acceptors (Lipinski definition) is 11. The van der Waals surface area contributed by atoms with Crippen molar-refractivity contribution in [2.24, 2.45) is 0 Å².